The van der Waals surface area contributed by atoms with Crippen molar-refractivity contribution in [3.05, 3.63) is 75.5 Å². The van der Waals surface area contributed by atoms with E-state index in [1.54, 1.807) is 0 Å². The predicted molar refractivity (Wildman–Crippen MR) is 130 cm³/mol. The van der Waals surface area contributed by atoms with Gasteiger partial charge in [0, 0.05) is 6.04 Å². The van der Waals surface area contributed by atoms with Crippen LogP contribution in [-0.2, 0) is 17.1 Å². The quantitative estimate of drug-likeness (QED) is 0.320. The normalized spacial score (nSPS) is 21.1. The van der Waals surface area contributed by atoms with Gasteiger partial charge in [-0.15, -0.1) is 0 Å². The van der Waals surface area contributed by atoms with Gasteiger partial charge in [0.05, 0.1) is 0 Å². The number of nitrogens with two attached hydrogens (primary N) is 1. The van der Waals surface area contributed by atoms with Crippen LogP contribution in [0.2, 0.25) is 0 Å². The van der Waals surface area contributed by atoms with E-state index in [9.17, 15) is 0 Å². The summed E-state index contributed by atoms with van der Waals surface area (Å²) in [5.74, 6) is 0.663. The van der Waals surface area contributed by atoms with Gasteiger partial charge in [0.1, 0.15) is 0 Å². The van der Waals surface area contributed by atoms with E-state index in [0.717, 1.165) is 5.66 Å². The molecule has 2 saturated carbocycles. The smallest absolute Gasteiger partial charge is 0.358 e. The van der Waals surface area contributed by atoms with Crippen molar-refractivity contribution in [1.82, 2.24) is 0 Å². The molecule has 3 atom stereocenters. The minimum atomic E-state index is -0.304. The van der Waals surface area contributed by atoms with Crippen LogP contribution in [0.1, 0.15) is 58.3 Å². The third-order valence-electron chi connectivity index (χ3n) is 5.86. The summed E-state index contributed by atoms with van der Waals surface area (Å²) in [6.07, 6.45) is 11.4. The van der Waals surface area contributed by atoms with Gasteiger partial charge in [-0.3, -0.25) is 0 Å². The summed E-state index contributed by atoms with van der Waals surface area (Å²) < 4.78 is 0. The minimum absolute atomic E-state index is 0. The van der Waals surface area contributed by atoms with Gasteiger partial charge in [-0.1, -0.05) is 99.2 Å². The molecule has 0 heterocycles. The average molecular weight is 453 g/mol. The van der Waals surface area contributed by atoms with Crippen LogP contribution in [0.4, 0.5) is 0 Å². The molecule has 2 fully saturated rings. The van der Waals surface area contributed by atoms with Crippen LogP contribution in [0.3, 0.4) is 0 Å². The van der Waals surface area contributed by atoms with Gasteiger partial charge >= 0.3 is 17.1 Å². The second-order valence-electron chi connectivity index (χ2n) is 7.83. The van der Waals surface area contributed by atoms with E-state index >= 15 is 0 Å². The summed E-state index contributed by atoms with van der Waals surface area (Å²) in [5, 5.41) is 2.99. The molecule has 0 amide bonds. The molecule has 0 bridgehead atoms. The first-order valence-electron chi connectivity index (χ1n) is 10.4. The predicted octanol–water partition coefficient (Wildman–Crippen LogP) is 6.48. The maximum atomic E-state index is 6.29. The number of benzene rings is 2. The third kappa shape index (κ3) is 8.18. The second kappa shape index (κ2) is 15.2. The molecule has 2 aliphatic rings. The number of hydrogen-bond donors (Lipinski definition) is 1. The molecule has 0 saturated heterocycles. The topological polar surface area (TPSA) is 26.0 Å². The summed E-state index contributed by atoms with van der Waals surface area (Å²) in [6.45, 7) is 2.19. The Balaban J connectivity index is 0.000000863. The SMILES string of the molecule is C1CCCC1.C[C@H](N)C1CCCC1P(c1ccccc1)c1ccccc1.[CH3-].[CH3-].[Fe+2]. The summed E-state index contributed by atoms with van der Waals surface area (Å²) in [7, 11) is -0.304. The Bertz CT molecular complexity index is 581. The minimum Gasteiger partial charge on any atom is -0.358 e. The Hall–Kier alpha value is -0.651. The van der Waals surface area contributed by atoms with Crippen LogP contribution in [0.25, 0.3) is 0 Å². The van der Waals surface area contributed by atoms with E-state index < -0.39 is 0 Å². The van der Waals surface area contributed by atoms with Crippen molar-refractivity contribution in [1.29, 1.82) is 0 Å². The van der Waals surface area contributed by atoms with Gasteiger partial charge in [-0.05, 0) is 49.9 Å². The van der Waals surface area contributed by atoms with E-state index in [4.69, 9.17) is 5.73 Å². The zero-order valence-corrected chi connectivity index (χ0v) is 20.5. The van der Waals surface area contributed by atoms with Gasteiger partial charge < -0.3 is 20.6 Å². The van der Waals surface area contributed by atoms with Crippen LogP contribution in [0.5, 0.6) is 0 Å². The fraction of sp³-hybridized carbons (Fsp3) is 0.462. The van der Waals surface area contributed by atoms with Crippen molar-refractivity contribution in [3.8, 4) is 0 Å². The van der Waals surface area contributed by atoms with Gasteiger partial charge in [0.25, 0.3) is 0 Å². The molecule has 2 aliphatic carbocycles. The molecule has 1 nitrogen and oxygen atoms in total. The monoisotopic (exact) mass is 453 g/mol. The molecular formula is C26H40FeNP. The van der Waals surface area contributed by atoms with Crippen LogP contribution in [-0.4, -0.2) is 11.7 Å². The first-order valence-corrected chi connectivity index (χ1v) is 11.8. The number of hydrogen-bond acceptors (Lipinski definition) is 1. The molecule has 2 unspecified atom stereocenters. The molecule has 2 aromatic carbocycles. The Labute approximate surface area is 192 Å². The summed E-state index contributed by atoms with van der Waals surface area (Å²) >= 11 is 0. The van der Waals surface area contributed by atoms with Crippen LogP contribution >= 0.6 is 7.92 Å². The van der Waals surface area contributed by atoms with Crippen LogP contribution in [0.15, 0.2) is 60.7 Å². The molecule has 4 rings (SSSR count). The molecule has 3 heteroatoms. The van der Waals surface area contributed by atoms with Crippen molar-refractivity contribution in [2.75, 3.05) is 0 Å². The van der Waals surface area contributed by atoms with Crippen molar-refractivity contribution in [2.24, 2.45) is 11.7 Å². The van der Waals surface area contributed by atoms with Crippen molar-refractivity contribution in [3.63, 3.8) is 0 Å². The molecule has 162 valence electrons. The Morgan fingerprint density at radius 1 is 0.724 bits per heavy atom. The van der Waals surface area contributed by atoms with Gasteiger partial charge in [-0.25, -0.2) is 0 Å². The molecule has 2 aromatic rings. The van der Waals surface area contributed by atoms with Gasteiger partial charge in [-0.2, -0.15) is 0 Å². The van der Waals surface area contributed by atoms with E-state index in [2.05, 4.69) is 67.6 Å². The van der Waals surface area contributed by atoms with E-state index in [1.165, 1.54) is 62.0 Å². The average Bonchev–Trinajstić information content (AvgIpc) is 3.39. The summed E-state index contributed by atoms with van der Waals surface area (Å²) in [5.41, 5.74) is 7.02. The molecule has 0 aliphatic heterocycles. The zero-order valence-electron chi connectivity index (χ0n) is 18.5. The van der Waals surface area contributed by atoms with Crippen molar-refractivity contribution in [2.45, 2.75) is 70.0 Å². The summed E-state index contributed by atoms with van der Waals surface area (Å²) in [6, 6.07) is 22.4. The molecular weight excluding hydrogens is 413 g/mol. The van der Waals surface area contributed by atoms with Gasteiger partial charge in [0.2, 0.25) is 0 Å². The molecule has 2 N–H and O–H groups in total. The molecule has 0 aromatic heterocycles. The maximum Gasteiger partial charge on any atom is 2.00 e. The largest absolute Gasteiger partial charge is 2.00 e. The Morgan fingerprint density at radius 2 is 1.14 bits per heavy atom. The Morgan fingerprint density at radius 3 is 1.52 bits per heavy atom. The first-order chi connectivity index (χ1) is 12.8. The first kappa shape index (κ1) is 28.3. The van der Waals surface area contributed by atoms with E-state index in [1.807, 2.05) is 0 Å². The standard InChI is InChI=1S/C19H24NP.C5H10.2CH3.Fe/c1-15(20)18-13-8-14-19(18)21(16-9-4-2-5-10-16)17-11-6-3-7-12-17;1-2-4-5-3-1;;;/h2-7,9-12,15,18-19H,8,13-14,20H2,1H3;1-5H2;2*1H3;/q;;2*-1;+2/t15-,18?,19?;;;;/m0..../s1. The summed E-state index contributed by atoms with van der Waals surface area (Å²) in [4.78, 5) is 0. The van der Waals surface area contributed by atoms with Crippen molar-refractivity contribution < 1.29 is 17.1 Å². The van der Waals surface area contributed by atoms with Crippen LogP contribution < -0.4 is 16.3 Å². The fourth-order valence-corrected chi connectivity index (χ4v) is 7.79. The third-order valence-corrected chi connectivity index (χ3v) is 8.87. The van der Waals surface area contributed by atoms with E-state index in [-0.39, 0.29) is 39.8 Å². The molecule has 0 spiro atoms. The second-order valence-corrected chi connectivity index (χ2v) is 10.3. The van der Waals surface area contributed by atoms with E-state index in [0.29, 0.717) is 12.0 Å². The fourth-order valence-electron chi connectivity index (χ4n) is 4.50. The zero-order chi connectivity index (χ0) is 18.2. The number of rotatable bonds is 4. The van der Waals surface area contributed by atoms with Crippen molar-refractivity contribution >= 4 is 18.5 Å². The van der Waals surface area contributed by atoms with Gasteiger partial charge in [0.15, 0.2) is 0 Å². The Kier molecular flexibility index (Phi) is 14.9. The molecule has 0 radical (unpaired) electrons. The van der Waals surface area contributed by atoms with Crippen LogP contribution in [0, 0.1) is 20.8 Å². The molecule has 29 heavy (non-hydrogen) atoms. The maximum absolute atomic E-state index is 6.29.